The fourth-order valence-electron chi connectivity index (χ4n) is 2.11. The van der Waals surface area contributed by atoms with Crippen molar-refractivity contribution in [2.45, 2.75) is 26.3 Å². The number of methoxy groups -OCH3 is 1. The number of guanidine groups is 1. The van der Waals surface area contributed by atoms with E-state index in [4.69, 9.17) is 9.47 Å². The van der Waals surface area contributed by atoms with Crippen LogP contribution in [0, 0.1) is 0 Å². The topological polar surface area (TPSA) is 75.2 Å². The second-order valence-corrected chi connectivity index (χ2v) is 5.96. The molecule has 0 radical (unpaired) electrons. The lowest BCUT2D eigenvalue weighted by Gasteiger charge is -2.14. The fourth-order valence-corrected chi connectivity index (χ4v) is 2.11. The molecule has 0 aliphatic heterocycles. The van der Waals surface area contributed by atoms with Gasteiger partial charge in [0, 0.05) is 46.8 Å². The number of aliphatic imine (C=N–C) groups is 1. The van der Waals surface area contributed by atoms with Gasteiger partial charge in [0.05, 0.1) is 13.7 Å². The minimum atomic E-state index is 0.0864. The maximum atomic E-state index is 11.7. The van der Waals surface area contributed by atoms with Crippen molar-refractivity contribution in [1.29, 1.82) is 0 Å². The molecule has 0 aromatic heterocycles. The summed E-state index contributed by atoms with van der Waals surface area (Å²) in [5.41, 5.74) is 1.09. The molecule has 0 unspecified atom stereocenters. The minimum Gasteiger partial charge on any atom is -0.497 e. The number of amides is 1. The highest BCUT2D eigenvalue weighted by molar-refractivity contribution is 5.81. The van der Waals surface area contributed by atoms with Gasteiger partial charge in [-0.2, -0.15) is 0 Å². The van der Waals surface area contributed by atoms with Gasteiger partial charge in [0.25, 0.3) is 0 Å². The average Bonchev–Trinajstić information content (AvgIpc) is 2.65. The van der Waals surface area contributed by atoms with Crippen LogP contribution in [0.2, 0.25) is 0 Å². The Hall–Kier alpha value is -2.28. The molecule has 1 amide bonds. The molecule has 0 saturated carbocycles. The van der Waals surface area contributed by atoms with Crippen LogP contribution in [0.1, 0.15) is 25.3 Å². The van der Waals surface area contributed by atoms with Crippen molar-refractivity contribution in [2.24, 2.45) is 4.99 Å². The molecular formula is C19H32N4O3. The predicted molar refractivity (Wildman–Crippen MR) is 105 cm³/mol. The van der Waals surface area contributed by atoms with Crippen LogP contribution in [0.3, 0.4) is 0 Å². The Bertz CT molecular complexity index is 544. The van der Waals surface area contributed by atoms with E-state index in [-0.39, 0.29) is 5.91 Å². The lowest BCUT2D eigenvalue weighted by atomic mass is 10.2. The van der Waals surface area contributed by atoms with Gasteiger partial charge in [-0.25, -0.2) is 4.99 Å². The van der Waals surface area contributed by atoms with Gasteiger partial charge in [0.2, 0.25) is 5.91 Å². The lowest BCUT2D eigenvalue weighted by molar-refractivity contribution is -0.128. The molecule has 0 aliphatic carbocycles. The lowest BCUT2D eigenvalue weighted by Crippen LogP contribution is -2.40. The number of nitrogens with zero attached hydrogens (tertiary/aromatic N) is 2. The van der Waals surface area contributed by atoms with Crippen LogP contribution < -0.4 is 15.4 Å². The van der Waals surface area contributed by atoms with E-state index in [0.29, 0.717) is 32.1 Å². The first-order valence-electron chi connectivity index (χ1n) is 8.99. The molecule has 0 bridgehead atoms. The summed E-state index contributed by atoms with van der Waals surface area (Å²) in [5.74, 6) is 1.61. The first kappa shape index (κ1) is 21.8. The third-order valence-electron chi connectivity index (χ3n) is 3.67. The number of carbonyl (C=O) groups excluding carboxylic acids is 1. The molecule has 26 heavy (non-hydrogen) atoms. The SMILES string of the molecule is CCOCCCNC(=NCc1ccc(OC)cc1)NCCC(=O)N(C)C. The Morgan fingerprint density at radius 3 is 2.46 bits per heavy atom. The van der Waals surface area contributed by atoms with Crippen molar-refractivity contribution in [3.63, 3.8) is 0 Å². The van der Waals surface area contributed by atoms with E-state index in [0.717, 1.165) is 30.9 Å². The Kier molecular flexibility index (Phi) is 10.9. The molecule has 0 spiro atoms. The molecule has 7 nitrogen and oxygen atoms in total. The van der Waals surface area contributed by atoms with E-state index in [2.05, 4.69) is 15.6 Å². The highest BCUT2D eigenvalue weighted by atomic mass is 16.5. The third-order valence-corrected chi connectivity index (χ3v) is 3.67. The van der Waals surface area contributed by atoms with E-state index in [1.54, 1.807) is 26.1 Å². The number of hydrogen-bond acceptors (Lipinski definition) is 4. The molecule has 0 fully saturated rings. The molecule has 0 aliphatic rings. The quantitative estimate of drug-likeness (QED) is 0.355. The second kappa shape index (κ2) is 13.0. The number of carbonyl (C=O) groups is 1. The van der Waals surface area contributed by atoms with Crippen LogP contribution in [0.5, 0.6) is 5.75 Å². The van der Waals surface area contributed by atoms with Crippen molar-refractivity contribution in [3.05, 3.63) is 29.8 Å². The van der Waals surface area contributed by atoms with Crippen LogP contribution in [-0.4, -0.2) is 64.3 Å². The normalized spacial score (nSPS) is 11.2. The monoisotopic (exact) mass is 364 g/mol. The molecule has 0 heterocycles. The third kappa shape index (κ3) is 9.27. The number of nitrogens with one attached hydrogen (secondary N) is 2. The zero-order valence-corrected chi connectivity index (χ0v) is 16.4. The predicted octanol–water partition coefficient (Wildman–Crippen LogP) is 1.64. The van der Waals surface area contributed by atoms with Crippen molar-refractivity contribution in [2.75, 3.05) is 47.5 Å². The fraction of sp³-hybridized carbons (Fsp3) is 0.579. The highest BCUT2D eigenvalue weighted by Gasteiger charge is 2.05. The summed E-state index contributed by atoms with van der Waals surface area (Å²) >= 11 is 0. The first-order valence-corrected chi connectivity index (χ1v) is 8.99. The number of rotatable bonds is 11. The summed E-state index contributed by atoms with van der Waals surface area (Å²) in [6.45, 7) is 5.27. The maximum absolute atomic E-state index is 11.7. The summed E-state index contributed by atoms with van der Waals surface area (Å²) in [6.07, 6.45) is 1.32. The van der Waals surface area contributed by atoms with E-state index < -0.39 is 0 Å². The molecule has 146 valence electrons. The van der Waals surface area contributed by atoms with E-state index in [9.17, 15) is 4.79 Å². The zero-order valence-electron chi connectivity index (χ0n) is 16.4. The van der Waals surface area contributed by atoms with Gasteiger partial charge in [0.1, 0.15) is 5.75 Å². The largest absolute Gasteiger partial charge is 0.497 e. The van der Waals surface area contributed by atoms with Gasteiger partial charge in [-0.15, -0.1) is 0 Å². The van der Waals surface area contributed by atoms with Crippen LogP contribution in [-0.2, 0) is 16.1 Å². The minimum absolute atomic E-state index is 0.0864. The highest BCUT2D eigenvalue weighted by Crippen LogP contribution is 2.11. The van der Waals surface area contributed by atoms with Crippen molar-refractivity contribution < 1.29 is 14.3 Å². The van der Waals surface area contributed by atoms with Crippen molar-refractivity contribution in [3.8, 4) is 5.75 Å². The maximum Gasteiger partial charge on any atom is 0.223 e. The second-order valence-electron chi connectivity index (χ2n) is 5.96. The van der Waals surface area contributed by atoms with Gasteiger partial charge in [0.15, 0.2) is 5.96 Å². The van der Waals surface area contributed by atoms with Gasteiger partial charge in [-0.1, -0.05) is 12.1 Å². The van der Waals surface area contributed by atoms with E-state index in [1.807, 2.05) is 31.2 Å². The Morgan fingerprint density at radius 2 is 1.85 bits per heavy atom. The standard InChI is InChI=1S/C19H32N4O3/c1-5-26-14-6-12-20-19(21-13-11-18(24)23(2)3)22-15-16-7-9-17(25-4)10-8-16/h7-10H,5-6,11-15H2,1-4H3,(H2,20,21,22). The molecule has 1 rings (SSSR count). The Balaban J connectivity index is 2.54. The molecule has 1 aromatic rings. The summed E-state index contributed by atoms with van der Waals surface area (Å²) in [6, 6.07) is 7.82. The zero-order chi connectivity index (χ0) is 19.2. The summed E-state index contributed by atoms with van der Waals surface area (Å²) in [4.78, 5) is 17.9. The summed E-state index contributed by atoms with van der Waals surface area (Å²) in [5, 5.41) is 6.50. The summed E-state index contributed by atoms with van der Waals surface area (Å²) < 4.78 is 10.5. The Labute approximate surface area is 156 Å². The molecule has 2 N–H and O–H groups in total. The molecule has 0 atom stereocenters. The van der Waals surface area contributed by atoms with Crippen molar-refractivity contribution in [1.82, 2.24) is 15.5 Å². The number of benzene rings is 1. The van der Waals surface area contributed by atoms with E-state index >= 15 is 0 Å². The van der Waals surface area contributed by atoms with Gasteiger partial charge < -0.3 is 25.0 Å². The Morgan fingerprint density at radius 1 is 1.15 bits per heavy atom. The van der Waals surface area contributed by atoms with Crippen LogP contribution in [0.25, 0.3) is 0 Å². The molecule has 1 aromatic carbocycles. The summed E-state index contributed by atoms with van der Waals surface area (Å²) in [7, 11) is 5.16. The van der Waals surface area contributed by atoms with Crippen LogP contribution >= 0.6 is 0 Å². The first-order chi connectivity index (χ1) is 12.6. The van der Waals surface area contributed by atoms with Gasteiger partial charge in [-0.3, -0.25) is 4.79 Å². The molecule has 7 heteroatoms. The number of hydrogen-bond donors (Lipinski definition) is 2. The average molecular weight is 364 g/mol. The van der Waals surface area contributed by atoms with Crippen molar-refractivity contribution >= 4 is 11.9 Å². The van der Waals surface area contributed by atoms with Crippen LogP contribution in [0.4, 0.5) is 0 Å². The van der Waals surface area contributed by atoms with Gasteiger partial charge in [-0.05, 0) is 31.0 Å². The molecular weight excluding hydrogens is 332 g/mol. The number of ether oxygens (including phenoxy) is 2. The van der Waals surface area contributed by atoms with Crippen LogP contribution in [0.15, 0.2) is 29.3 Å². The van der Waals surface area contributed by atoms with E-state index in [1.165, 1.54) is 0 Å². The molecule has 0 saturated heterocycles. The smallest absolute Gasteiger partial charge is 0.223 e. The van der Waals surface area contributed by atoms with Gasteiger partial charge >= 0.3 is 0 Å².